The molecule has 5 rings (SSSR count). The summed E-state index contributed by atoms with van der Waals surface area (Å²) >= 11 is 0. The van der Waals surface area contributed by atoms with Crippen LogP contribution in [-0.4, -0.2) is 69.3 Å². The molecule has 2 aliphatic rings. The number of piperidine rings is 1. The van der Waals surface area contributed by atoms with Crippen LogP contribution in [0.5, 0.6) is 17.2 Å². The van der Waals surface area contributed by atoms with Gasteiger partial charge in [-0.3, -0.25) is 9.78 Å². The number of carbonyl (C=O) groups is 1. The number of anilines is 3. The van der Waals surface area contributed by atoms with Crippen molar-refractivity contribution in [3.8, 4) is 23.3 Å². The lowest BCUT2D eigenvalue weighted by atomic mass is 9.68. The second-order valence-corrected chi connectivity index (χ2v) is 14.9. The first-order valence-electron chi connectivity index (χ1n) is 19.0. The summed E-state index contributed by atoms with van der Waals surface area (Å²) in [5, 5.41) is 21.1. The molecule has 3 aromatic rings. The number of pyridine rings is 1. The van der Waals surface area contributed by atoms with E-state index in [-0.39, 0.29) is 11.9 Å². The third-order valence-electron chi connectivity index (χ3n) is 10.6. The van der Waals surface area contributed by atoms with E-state index >= 15 is 0 Å². The van der Waals surface area contributed by atoms with Gasteiger partial charge in [-0.1, -0.05) is 51.9 Å². The van der Waals surface area contributed by atoms with Crippen molar-refractivity contribution in [2.45, 2.75) is 96.9 Å². The van der Waals surface area contributed by atoms with E-state index in [1.807, 2.05) is 45.3 Å². The summed E-state index contributed by atoms with van der Waals surface area (Å²) in [5.41, 5.74) is 3.28. The van der Waals surface area contributed by atoms with Crippen molar-refractivity contribution in [2.75, 3.05) is 58.1 Å². The first-order valence-corrected chi connectivity index (χ1v) is 19.0. The highest BCUT2D eigenvalue weighted by Crippen LogP contribution is 2.43. The Morgan fingerprint density at radius 2 is 1.78 bits per heavy atom. The SMILES string of the molecule is CCOc1cc2ncc(C#N)c(Nc3ccc(OCC4NCC5(CCCCCCCCC5)CC4C)c(OC)c3)c2cc1NC(=O)CCCN(C)C. The predicted octanol–water partition coefficient (Wildman–Crippen LogP) is 8.43. The summed E-state index contributed by atoms with van der Waals surface area (Å²) in [6, 6.07) is 11.9. The number of rotatable bonds is 13. The molecule has 0 radical (unpaired) electrons. The standard InChI is InChI=1S/C41H58N6O4/c1-6-50-37-23-33-32(22-34(37)46-39(48)15-14-20-47(3)4)40(30(25-42)26-43-33)45-31-16-17-36(38(21-31)49-5)51-27-35-29(2)24-41(28-44-35)18-12-10-8-7-9-11-13-19-41/h16-17,21-23,26,29,35,44H,6-15,18-20,24,27-28H2,1-5H3,(H,43,45)(H,46,48). The summed E-state index contributed by atoms with van der Waals surface area (Å²) in [7, 11) is 5.62. The number of methoxy groups -OCH3 is 1. The zero-order valence-corrected chi connectivity index (χ0v) is 31.4. The van der Waals surface area contributed by atoms with Gasteiger partial charge in [0.05, 0.1) is 36.2 Å². The Morgan fingerprint density at radius 3 is 2.45 bits per heavy atom. The van der Waals surface area contributed by atoms with Crippen LogP contribution in [0.25, 0.3) is 10.9 Å². The van der Waals surface area contributed by atoms with Gasteiger partial charge >= 0.3 is 0 Å². The van der Waals surface area contributed by atoms with Crippen LogP contribution >= 0.6 is 0 Å². The maximum Gasteiger partial charge on any atom is 0.224 e. The highest BCUT2D eigenvalue weighted by Gasteiger charge is 2.38. The highest BCUT2D eigenvalue weighted by atomic mass is 16.5. The largest absolute Gasteiger partial charge is 0.493 e. The first kappa shape index (κ1) is 38.2. The Kier molecular flexibility index (Phi) is 13.8. The van der Waals surface area contributed by atoms with E-state index in [1.165, 1.54) is 64.2 Å². The fraction of sp³-hybridized carbons (Fsp3) is 0.585. The van der Waals surface area contributed by atoms with Gasteiger partial charge in [-0.15, -0.1) is 0 Å². The van der Waals surface area contributed by atoms with Crippen LogP contribution in [0.3, 0.4) is 0 Å². The average Bonchev–Trinajstić information content (AvgIpc) is 3.11. The fourth-order valence-electron chi connectivity index (χ4n) is 7.83. The maximum atomic E-state index is 12.9. The topological polar surface area (TPSA) is 121 Å². The van der Waals surface area contributed by atoms with E-state index in [1.54, 1.807) is 19.4 Å². The van der Waals surface area contributed by atoms with Crippen molar-refractivity contribution in [1.29, 1.82) is 5.26 Å². The smallest absolute Gasteiger partial charge is 0.224 e. The predicted molar refractivity (Wildman–Crippen MR) is 205 cm³/mol. The van der Waals surface area contributed by atoms with Gasteiger partial charge in [0, 0.05) is 48.4 Å². The molecule has 276 valence electrons. The number of hydrogen-bond donors (Lipinski definition) is 3. The van der Waals surface area contributed by atoms with E-state index in [0.717, 1.165) is 25.2 Å². The number of carbonyl (C=O) groups excluding carboxylic acids is 1. The fourth-order valence-corrected chi connectivity index (χ4v) is 7.83. The van der Waals surface area contributed by atoms with Gasteiger partial charge in [0.2, 0.25) is 5.91 Å². The summed E-state index contributed by atoms with van der Waals surface area (Å²) in [6.07, 6.45) is 16.2. The molecule has 1 saturated carbocycles. The van der Waals surface area contributed by atoms with Crippen LogP contribution in [0.4, 0.5) is 17.1 Å². The molecule has 1 spiro atoms. The monoisotopic (exact) mass is 698 g/mol. The molecule has 10 heteroatoms. The number of amides is 1. The molecule has 1 aliphatic heterocycles. The molecule has 51 heavy (non-hydrogen) atoms. The number of ether oxygens (including phenoxy) is 3. The molecule has 2 fully saturated rings. The third kappa shape index (κ3) is 10.3. The Labute approximate surface area is 304 Å². The van der Waals surface area contributed by atoms with Gasteiger partial charge in [0.1, 0.15) is 18.4 Å². The number of hydrogen-bond acceptors (Lipinski definition) is 9. The van der Waals surface area contributed by atoms with Crippen molar-refractivity contribution in [2.24, 2.45) is 11.3 Å². The summed E-state index contributed by atoms with van der Waals surface area (Å²) in [6.45, 7) is 7.16. The van der Waals surface area contributed by atoms with E-state index < -0.39 is 0 Å². The Balaban J connectivity index is 1.30. The minimum atomic E-state index is -0.0978. The van der Waals surface area contributed by atoms with Crippen LogP contribution in [0.1, 0.15) is 96.5 Å². The molecule has 2 heterocycles. The number of nitriles is 1. The van der Waals surface area contributed by atoms with E-state index in [2.05, 4.69) is 38.8 Å². The molecule has 2 atom stereocenters. The van der Waals surface area contributed by atoms with Crippen LogP contribution in [0, 0.1) is 22.7 Å². The number of benzene rings is 2. The molecule has 0 bridgehead atoms. The lowest BCUT2D eigenvalue weighted by molar-refractivity contribution is -0.116. The zero-order valence-electron chi connectivity index (χ0n) is 31.4. The molecular formula is C41H58N6O4. The average molecular weight is 699 g/mol. The van der Waals surface area contributed by atoms with Gasteiger partial charge in [-0.05, 0) is 82.8 Å². The Morgan fingerprint density at radius 1 is 1.04 bits per heavy atom. The van der Waals surface area contributed by atoms with Gasteiger partial charge in [-0.25, -0.2) is 0 Å². The number of nitrogens with one attached hydrogen (secondary N) is 3. The maximum absolute atomic E-state index is 12.9. The number of fused-ring (bicyclic) bond motifs is 1. The van der Waals surface area contributed by atoms with Crippen LogP contribution < -0.4 is 30.2 Å². The second kappa shape index (κ2) is 18.4. The van der Waals surface area contributed by atoms with E-state index in [9.17, 15) is 10.1 Å². The minimum Gasteiger partial charge on any atom is -0.493 e. The van der Waals surface area contributed by atoms with Gasteiger partial charge in [0.15, 0.2) is 11.5 Å². The van der Waals surface area contributed by atoms with Crippen LogP contribution in [0.15, 0.2) is 36.5 Å². The molecule has 1 aromatic heterocycles. The Bertz CT molecular complexity index is 1640. The molecule has 1 saturated heterocycles. The van der Waals surface area contributed by atoms with Gasteiger partial charge in [-0.2, -0.15) is 5.26 Å². The van der Waals surface area contributed by atoms with Crippen LogP contribution in [-0.2, 0) is 4.79 Å². The van der Waals surface area contributed by atoms with E-state index in [4.69, 9.17) is 14.2 Å². The first-order chi connectivity index (χ1) is 24.7. The minimum absolute atomic E-state index is 0.0978. The van der Waals surface area contributed by atoms with Crippen molar-refractivity contribution >= 4 is 33.9 Å². The molecule has 2 aromatic carbocycles. The molecule has 3 N–H and O–H groups in total. The summed E-state index contributed by atoms with van der Waals surface area (Å²) < 4.78 is 18.1. The zero-order chi connectivity index (χ0) is 36.2. The summed E-state index contributed by atoms with van der Waals surface area (Å²) in [4.78, 5) is 19.5. The highest BCUT2D eigenvalue weighted by molar-refractivity contribution is 6.02. The van der Waals surface area contributed by atoms with Crippen molar-refractivity contribution in [3.63, 3.8) is 0 Å². The van der Waals surface area contributed by atoms with Crippen LogP contribution in [0.2, 0.25) is 0 Å². The quantitative estimate of drug-likeness (QED) is 0.162. The third-order valence-corrected chi connectivity index (χ3v) is 10.6. The lowest BCUT2D eigenvalue weighted by Gasteiger charge is -2.45. The van der Waals surface area contributed by atoms with Crippen molar-refractivity contribution < 1.29 is 19.0 Å². The molecule has 1 aliphatic carbocycles. The van der Waals surface area contributed by atoms with E-state index in [0.29, 0.717) is 76.1 Å². The molecular weight excluding hydrogens is 640 g/mol. The van der Waals surface area contributed by atoms with Crippen molar-refractivity contribution in [3.05, 3.63) is 42.1 Å². The lowest BCUT2D eigenvalue weighted by Crippen LogP contribution is -2.52. The molecule has 2 unspecified atom stereocenters. The Hall–Kier alpha value is -4.07. The van der Waals surface area contributed by atoms with Gasteiger partial charge < -0.3 is 35.1 Å². The number of aromatic nitrogens is 1. The number of nitrogens with zero attached hydrogens (tertiary/aromatic N) is 3. The van der Waals surface area contributed by atoms with Gasteiger partial charge in [0.25, 0.3) is 0 Å². The molecule has 10 nitrogen and oxygen atoms in total. The molecule has 1 amide bonds. The second-order valence-electron chi connectivity index (χ2n) is 14.9. The van der Waals surface area contributed by atoms with Crippen molar-refractivity contribution in [1.82, 2.24) is 15.2 Å². The normalized spacial score (nSPS) is 19.3. The summed E-state index contributed by atoms with van der Waals surface area (Å²) in [5.74, 6) is 2.24.